The van der Waals surface area contributed by atoms with Gasteiger partial charge in [0.2, 0.25) is 5.91 Å². The first-order chi connectivity index (χ1) is 15.2. The summed E-state index contributed by atoms with van der Waals surface area (Å²) in [6, 6.07) is 15.3. The zero-order valence-corrected chi connectivity index (χ0v) is 18.6. The molecule has 1 N–H and O–H groups in total. The van der Waals surface area contributed by atoms with Crippen LogP contribution in [-0.2, 0) is 17.8 Å². The Morgan fingerprint density at radius 3 is 2.53 bits per heavy atom. The summed E-state index contributed by atoms with van der Waals surface area (Å²) in [5.74, 6) is 0.973. The Labute approximate surface area is 187 Å². The minimum Gasteiger partial charge on any atom is -0.461 e. The summed E-state index contributed by atoms with van der Waals surface area (Å²) in [6.07, 6.45) is 1.06. The highest BCUT2D eigenvalue weighted by atomic mass is 19.1. The summed E-state index contributed by atoms with van der Waals surface area (Å²) in [7, 11) is 0. The van der Waals surface area contributed by atoms with Crippen LogP contribution in [0, 0.1) is 11.2 Å². The van der Waals surface area contributed by atoms with E-state index in [1.807, 2.05) is 51.1 Å². The van der Waals surface area contributed by atoms with Crippen LogP contribution in [0.3, 0.4) is 0 Å². The average Bonchev–Trinajstić information content (AvgIpc) is 3.15. The van der Waals surface area contributed by atoms with Crippen molar-refractivity contribution < 1.29 is 18.4 Å². The quantitative estimate of drug-likeness (QED) is 0.576. The van der Waals surface area contributed by atoms with Crippen LogP contribution in [0.15, 0.2) is 59.0 Å². The molecule has 0 unspecified atom stereocenters. The van der Waals surface area contributed by atoms with E-state index in [1.54, 1.807) is 17.0 Å². The molecular formula is C26H27FN2O3. The van der Waals surface area contributed by atoms with E-state index >= 15 is 0 Å². The molecule has 0 bridgehead atoms. The topological polar surface area (TPSA) is 62.6 Å². The molecule has 5 nitrogen and oxygen atoms in total. The number of furan rings is 1. The van der Waals surface area contributed by atoms with Gasteiger partial charge >= 0.3 is 0 Å². The third-order valence-electron chi connectivity index (χ3n) is 5.37. The van der Waals surface area contributed by atoms with E-state index < -0.39 is 5.82 Å². The molecule has 4 rings (SSSR count). The normalized spacial score (nSPS) is 13.6. The number of carbonyl (C=O) groups is 2. The standard InChI is InChI=1S/C26H27FN2O3/c1-26(2,3)15-24(30)28-21-9-7-17(8-10-21)23-14-19-16-29(12-11-22(19)32-23)25(31)18-5-4-6-20(27)13-18/h4-10,13-14H,11-12,15-16H2,1-3H3,(H,28,30). The molecular weight excluding hydrogens is 407 g/mol. The van der Waals surface area contributed by atoms with E-state index in [0.717, 1.165) is 28.3 Å². The highest BCUT2D eigenvalue weighted by molar-refractivity contribution is 5.94. The second-order valence-corrected chi connectivity index (χ2v) is 9.41. The second kappa shape index (κ2) is 8.61. The average molecular weight is 435 g/mol. The highest BCUT2D eigenvalue weighted by Gasteiger charge is 2.25. The number of carbonyl (C=O) groups excluding carboxylic acids is 2. The van der Waals surface area contributed by atoms with E-state index in [9.17, 15) is 14.0 Å². The predicted molar refractivity (Wildman–Crippen MR) is 122 cm³/mol. The number of halogens is 1. The van der Waals surface area contributed by atoms with Crippen molar-refractivity contribution in [2.45, 2.75) is 40.2 Å². The number of anilines is 1. The predicted octanol–water partition coefficient (Wildman–Crippen LogP) is 5.66. The summed E-state index contributed by atoms with van der Waals surface area (Å²) in [6.45, 7) is 7.03. The number of benzene rings is 2. The summed E-state index contributed by atoms with van der Waals surface area (Å²) in [5.41, 5.74) is 2.88. The molecule has 32 heavy (non-hydrogen) atoms. The molecule has 0 fully saturated rings. The molecule has 0 radical (unpaired) electrons. The lowest BCUT2D eigenvalue weighted by molar-refractivity contribution is -0.117. The molecule has 6 heteroatoms. The maximum absolute atomic E-state index is 13.5. The third kappa shape index (κ3) is 5.07. The number of rotatable bonds is 4. The molecule has 2 amide bonds. The molecule has 0 saturated heterocycles. The fourth-order valence-corrected chi connectivity index (χ4v) is 3.86. The number of hydrogen-bond donors (Lipinski definition) is 1. The van der Waals surface area contributed by atoms with Crippen LogP contribution in [0.4, 0.5) is 10.1 Å². The Morgan fingerprint density at radius 1 is 1.09 bits per heavy atom. The van der Waals surface area contributed by atoms with Gasteiger partial charge in [-0.1, -0.05) is 26.8 Å². The molecule has 3 aromatic rings. The number of fused-ring (bicyclic) bond motifs is 1. The van der Waals surface area contributed by atoms with Crippen LogP contribution in [0.2, 0.25) is 0 Å². The lowest BCUT2D eigenvalue weighted by atomic mass is 9.92. The van der Waals surface area contributed by atoms with Crippen molar-refractivity contribution in [2.24, 2.45) is 5.41 Å². The largest absolute Gasteiger partial charge is 0.461 e. The zero-order valence-electron chi connectivity index (χ0n) is 18.6. The van der Waals surface area contributed by atoms with Crippen molar-refractivity contribution >= 4 is 17.5 Å². The van der Waals surface area contributed by atoms with Crippen LogP contribution < -0.4 is 5.32 Å². The summed E-state index contributed by atoms with van der Waals surface area (Å²) in [4.78, 5) is 26.6. The highest BCUT2D eigenvalue weighted by Crippen LogP contribution is 2.31. The minimum atomic E-state index is -0.419. The Bertz CT molecular complexity index is 1140. The minimum absolute atomic E-state index is 0.0123. The smallest absolute Gasteiger partial charge is 0.254 e. The van der Waals surface area contributed by atoms with Gasteiger partial charge in [-0.05, 0) is 53.9 Å². The molecule has 166 valence electrons. The number of amides is 2. The maximum Gasteiger partial charge on any atom is 0.254 e. The van der Waals surface area contributed by atoms with Crippen molar-refractivity contribution in [1.82, 2.24) is 4.90 Å². The van der Waals surface area contributed by atoms with E-state index in [0.29, 0.717) is 31.5 Å². The first kappa shape index (κ1) is 21.8. The molecule has 1 aromatic heterocycles. The molecule has 0 atom stereocenters. The number of nitrogens with one attached hydrogen (secondary N) is 1. The van der Waals surface area contributed by atoms with Gasteiger partial charge < -0.3 is 14.6 Å². The van der Waals surface area contributed by atoms with E-state index in [4.69, 9.17) is 4.42 Å². The van der Waals surface area contributed by atoms with Gasteiger partial charge in [0, 0.05) is 48.3 Å². The fraction of sp³-hybridized carbons (Fsp3) is 0.308. The van der Waals surface area contributed by atoms with Gasteiger partial charge in [-0.15, -0.1) is 0 Å². The molecule has 0 saturated carbocycles. The molecule has 2 heterocycles. The molecule has 1 aliphatic rings. The van der Waals surface area contributed by atoms with Gasteiger partial charge in [0.05, 0.1) is 0 Å². The van der Waals surface area contributed by atoms with Crippen LogP contribution >= 0.6 is 0 Å². The summed E-state index contributed by atoms with van der Waals surface area (Å²) >= 11 is 0. The Morgan fingerprint density at radius 2 is 1.84 bits per heavy atom. The molecule has 2 aromatic carbocycles. The van der Waals surface area contributed by atoms with Crippen LogP contribution in [0.25, 0.3) is 11.3 Å². The monoisotopic (exact) mass is 434 g/mol. The lowest BCUT2D eigenvalue weighted by Gasteiger charge is -2.26. The van der Waals surface area contributed by atoms with Gasteiger partial charge in [-0.25, -0.2) is 4.39 Å². The number of hydrogen-bond acceptors (Lipinski definition) is 3. The van der Waals surface area contributed by atoms with E-state index in [-0.39, 0.29) is 17.2 Å². The van der Waals surface area contributed by atoms with Crippen LogP contribution in [-0.4, -0.2) is 23.3 Å². The van der Waals surface area contributed by atoms with Crippen LogP contribution in [0.1, 0.15) is 48.9 Å². The van der Waals surface area contributed by atoms with E-state index in [2.05, 4.69) is 5.32 Å². The SMILES string of the molecule is CC(C)(C)CC(=O)Nc1ccc(-c2cc3c(o2)CCN(C(=O)c2cccc(F)c2)C3)cc1. The van der Waals surface area contributed by atoms with Gasteiger partial charge in [-0.2, -0.15) is 0 Å². The Hall–Kier alpha value is -3.41. The lowest BCUT2D eigenvalue weighted by Crippen LogP contribution is -2.35. The van der Waals surface area contributed by atoms with Crippen molar-refractivity contribution in [3.63, 3.8) is 0 Å². The molecule has 1 aliphatic heterocycles. The van der Waals surface area contributed by atoms with Gasteiger partial charge in [0.1, 0.15) is 17.3 Å². The van der Waals surface area contributed by atoms with Gasteiger partial charge in [0.15, 0.2) is 0 Å². The van der Waals surface area contributed by atoms with Crippen LogP contribution in [0.5, 0.6) is 0 Å². The van der Waals surface area contributed by atoms with Crippen molar-refractivity contribution in [2.75, 3.05) is 11.9 Å². The van der Waals surface area contributed by atoms with Crippen molar-refractivity contribution in [3.05, 3.63) is 77.3 Å². The Balaban J connectivity index is 1.44. The fourth-order valence-electron chi connectivity index (χ4n) is 3.86. The van der Waals surface area contributed by atoms with Crippen molar-refractivity contribution in [1.29, 1.82) is 0 Å². The molecule has 0 aliphatic carbocycles. The summed E-state index contributed by atoms with van der Waals surface area (Å²) in [5, 5.41) is 2.92. The first-order valence-electron chi connectivity index (χ1n) is 10.7. The maximum atomic E-state index is 13.5. The third-order valence-corrected chi connectivity index (χ3v) is 5.37. The van der Waals surface area contributed by atoms with E-state index in [1.165, 1.54) is 12.1 Å². The first-order valence-corrected chi connectivity index (χ1v) is 10.7. The second-order valence-electron chi connectivity index (χ2n) is 9.41. The number of nitrogens with zero attached hydrogens (tertiary/aromatic N) is 1. The van der Waals surface area contributed by atoms with Gasteiger partial charge in [0.25, 0.3) is 5.91 Å². The zero-order chi connectivity index (χ0) is 22.9. The van der Waals surface area contributed by atoms with Crippen molar-refractivity contribution in [3.8, 4) is 11.3 Å². The molecule has 0 spiro atoms. The Kier molecular flexibility index (Phi) is 5.87. The summed E-state index contributed by atoms with van der Waals surface area (Å²) < 4.78 is 19.5. The van der Waals surface area contributed by atoms with Gasteiger partial charge in [-0.3, -0.25) is 9.59 Å².